The van der Waals surface area contributed by atoms with Crippen molar-refractivity contribution in [3.05, 3.63) is 0 Å². The van der Waals surface area contributed by atoms with E-state index in [9.17, 15) is 0 Å². The van der Waals surface area contributed by atoms with Gasteiger partial charge < -0.3 is 0 Å². The third-order valence-electron chi connectivity index (χ3n) is 1.30. The first-order valence-corrected chi connectivity index (χ1v) is 5.60. The lowest BCUT2D eigenvalue weighted by Gasteiger charge is -1.96. The Morgan fingerprint density at radius 1 is 1.11 bits per heavy atom. The molecule has 0 aromatic heterocycles. The maximum atomic E-state index is 3.32. The van der Waals surface area contributed by atoms with Gasteiger partial charge in [0.25, 0.3) is 0 Å². The summed E-state index contributed by atoms with van der Waals surface area (Å²) in [6.45, 7) is 6.59. The SMILES string of the molecule is CCC#C[Si](CC)CC. The first-order chi connectivity index (χ1) is 4.35. The lowest BCUT2D eigenvalue weighted by Crippen LogP contribution is -2.04. The standard InChI is InChI=1S/C8H15Si/c1-4-7-8-9(5-2)6-3/h4-6H2,1-3H3. The highest BCUT2D eigenvalue weighted by molar-refractivity contribution is 6.67. The molecule has 0 fully saturated rings. The minimum absolute atomic E-state index is 0.247. The van der Waals surface area contributed by atoms with Crippen LogP contribution in [0.4, 0.5) is 0 Å². The van der Waals surface area contributed by atoms with Gasteiger partial charge in [-0.2, -0.15) is 0 Å². The molecule has 0 bridgehead atoms. The number of hydrogen-bond acceptors (Lipinski definition) is 0. The zero-order chi connectivity index (χ0) is 7.11. The fraction of sp³-hybridized carbons (Fsp3) is 0.750. The van der Waals surface area contributed by atoms with Gasteiger partial charge in [0.05, 0.1) is 0 Å². The van der Waals surface area contributed by atoms with Crippen LogP contribution < -0.4 is 0 Å². The molecule has 0 rings (SSSR count). The van der Waals surface area contributed by atoms with Crippen molar-refractivity contribution in [3.63, 3.8) is 0 Å². The second-order valence-corrected chi connectivity index (χ2v) is 4.84. The summed E-state index contributed by atoms with van der Waals surface area (Å²) in [7, 11) is -0.247. The van der Waals surface area contributed by atoms with E-state index in [0.29, 0.717) is 0 Å². The fourth-order valence-electron chi connectivity index (χ4n) is 0.640. The normalized spacial score (nSPS) is 8.89. The third kappa shape index (κ3) is 4.29. The van der Waals surface area contributed by atoms with E-state index in [4.69, 9.17) is 0 Å². The van der Waals surface area contributed by atoms with Crippen molar-refractivity contribution in [3.8, 4) is 11.5 Å². The van der Waals surface area contributed by atoms with Crippen LogP contribution in [0.3, 0.4) is 0 Å². The van der Waals surface area contributed by atoms with E-state index in [1.54, 1.807) is 0 Å². The predicted molar refractivity (Wildman–Crippen MR) is 44.8 cm³/mol. The minimum atomic E-state index is -0.247. The average molecular weight is 139 g/mol. The van der Waals surface area contributed by atoms with Gasteiger partial charge in [-0.1, -0.05) is 32.9 Å². The first kappa shape index (κ1) is 8.78. The molecule has 0 aromatic rings. The molecule has 1 heteroatoms. The number of rotatable bonds is 2. The monoisotopic (exact) mass is 139 g/mol. The molecule has 1 radical (unpaired) electrons. The quantitative estimate of drug-likeness (QED) is 0.407. The third-order valence-corrected chi connectivity index (χ3v) is 3.53. The first-order valence-electron chi connectivity index (χ1n) is 3.68. The van der Waals surface area contributed by atoms with Crippen LogP contribution in [-0.4, -0.2) is 8.80 Å². The zero-order valence-corrected chi connectivity index (χ0v) is 7.62. The largest absolute Gasteiger partial charge is 0.144 e. The molecule has 0 heterocycles. The number of hydrogen-bond donors (Lipinski definition) is 0. The molecule has 0 saturated heterocycles. The van der Waals surface area contributed by atoms with Gasteiger partial charge in [-0.05, 0) is 0 Å². The second-order valence-electron chi connectivity index (χ2n) is 1.97. The van der Waals surface area contributed by atoms with Crippen LogP contribution in [0.1, 0.15) is 27.2 Å². The van der Waals surface area contributed by atoms with Crippen molar-refractivity contribution in [1.82, 2.24) is 0 Å². The van der Waals surface area contributed by atoms with Crippen LogP contribution in [0.5, 0.6) is 0 Å². The van der Waals surface area contributed by atoms with Crippen molar-refractivity contribution >= 4 is 8.80 Å². The second kappa shape index (κ2) is 5.91. The molecule has 0 amide bonds. The Morgan fingerprint density at radius 2 is 1.67 bits per heavy atom. The summed E-state index contributed by atoms with van der Waals surface area (Å²) in [5, 5.41) is 0. The Hall–Kier alpha value is -0.223. The lowest BCUT2D eigenvalue weighted by atomic mass is 10.5. The van der Waals surface area contributed by atoms with Crippen LogP contribution in [0.25, 0.3) is 0 Å². The molecule has 0 aliphatic heterocycles. The van der Waals surface area contributed by atoms with E-state index < -0.39 is 0 Å². The molecule has 0 nitrogen and oxygen atoms in total. The molecule has 0 unspecified atom stereocenters. The molecule has 0 aromatic carbocycles. The average Bonchev–Trinajstić information content (AvgIpc) is 1.91. The molecule has 9 heavy (non-hydrogen) atoms. The molecule has 0 atom stereocenters. The van der Waals surface area contributed by atoms with Crippen LogP contribution in [0.15, 0.2) is 0 Å². The van der Waals surface area contributed by atoms with Crippen molar-refractivity contribution in [2.45, 2.75) is 39.3 Å². The van der Waals surface area contributed by atoms with Crippen molar-refractivity contribution < 1.29 is 0 Å². The van der Waals surface area contributed by atoms with E-state index in [0.717, 1.165) is 6.42 Å². The molecular weight excluding hydrogens is 124 g/mol. The van der Waals surface area contributed by atoms with Crippen LogP contribution >= 0.6 is 0 Å². The smallest absolute Gasteiger partial charge is 0.133 e. The Labute approximate surface area is 60.3 Å². The van der Waals surface area contributed by atoms with Crippen molar-refractivity contribution in [2.75, 3.05) is 0 Å². The Kier molecular flexibility index (Phi) is 5.76. The van der Waals surface area contributed by atoms with Crippen LogP contribution in [0.2, 0.25) is 12.1 Å². The molecule has 0 aliphatic carbocycles. The van der Waals surface area contributed by atoms with Gasteiger partial charge in [-0.3, -0.25) is 0 Å². The maximum Gasteiger partial charge on any atom is 0.144 e. The highest BCUT2D eigenvalue weighted by Crippen LogP contribution is 1.94. The maximum absolute atomic E-state index is 3.32. The summed E-state index contributed by atoms with van der Waals surface area (Å²) in [5.74, 6) is 3.15. The van der Waals surface area contributed by atoms with Crippen LogP contribution in [0, 0.1) is 11.5 Å². The molecule has 0 saturated carbocycles. The highest BCUT2D eigenvalue weighted by Gasteiger charge is 1.98. The van der Waals surface area contributed by atoms with Gasteiger partial charge in [0, 0.05) is 6.42 Å². The lowest BCUT2D eigenvalue weighted by molar-refractivity contribution is 1.28. The zero-order valence-electron chi connectivity index (χ0n) is 6.62. The summed E-state index contributed by atoms with van der Waals surface area (Å²) in [5.41, 5.74) is 3.32. The van der Waals surface area contributed by atoms with Crippen molar-refractivity contribution in [2.24, 2.45) is 0 Å². The van der Waals surface area contributed by atoms with Gasteiger partial charge in [0.1, 0.15) is 8.80 Å². The highest BCUT2D eigenvalue weighted by atomic mass is 28.3. The van der Waals surface area contributed by atoms with Gasteiger partial charge in [0.15, 0.2) is 0 Å². The van der Waals surface area contributed by atoms with Crippen LogP contribution in [-0.2, 0) is 0 Å². The molecule has 0 N–H and O–H groups in total. The van der Waals surface area contributed by atoms with E-state index in [2.05, 4.69) is 32.2 Å². The van der Waals surface area contributed by atoms with Gasteiger partial charge in [-0.25, -0.2) is 0 Å². The van der Waals surface area contributed by atoms with Gasteiger partial charge >= 0.3 is 0 Å². The molecule has 0 aliphatic rings. The predicted octanol–water partition coefficient (Wildman–Crippen LogP) is 2.47. The molecule has 51 valence electrons. The summed E-state index contributed by atoms with van der Waals surface area (Å²) < 4.78 is 0. The van der Waals surface area contributed by atoms with Gasteiger partial charge in [0.2, 0.25) is 0 Å². The Bertz CT molecular complexity index is 103. The Balaban J connectivity index is 3.54. The molecule has 0 spiro atoms. The summed E-state index contributed by atoms with van der Waals surface area (Å²) >= 11 is 0. The van der Waals surface area contributed by atoms with E-state index in [1.807, 2.05) is 0 Å². The summed E-state index contributed by atoms with van der Waals surface area (Å²) in [4.78, 5) is 0. The summed E-state index contributed by atoms with van der Waals surface area (Å²) in [6.07, 6.45) is 1.02. The Morgan fingerprint density at radius 3 is 2.00 bits per heavy atom. The molecular formula is C8H15Si. The van der Waals surface area contributed by atoms with E-state index in [1.165, 1.54) is 12.1 Å². The summed E-state index contributed by atoms with van der Waals surface area (Å²) in [6, 6.07) is 2.60. The minimum Gasteiger partial charge on any atom is -0.133 e. The fourth-order valence-corrected chi connectivity index (χ4v) is 1.92. The van der Waals surface area contributed by atoms with E-state index in [-0.39, 0.29) is 8.80 Å². The van der Waals surface area contributed by atoms with Crippen molar-refractivity contribution in [1.29, 1.82) is 0 Å². The topological polar surface area (TPSA) is 0 Å². The van der Waals surface area contributed by atoms with E-state index >= 15 is 0 Å². The van der Waals surface area contributed by atoms with Gasteiger partial charge in [-0.15, -0.1) is 11.5 Å².